The van der Waals surface area contributed by atoms with Gasteiger partial charge in [-0.3, -0.25) is 14.6 Å². The van der Waals surface area contributed by atoms with Crippen LogP contribution in [-0.4, -0.2) is 35.4 Å². The van der Waals surface area contributed by atoms with Crippen molar-refractivity contribution in [2.24, 2.45) is 5.10 Å². The molecule has 2 aromatic carbocycles. The first-order valence-corrected chi connectivity index (χ1v) is 9.88. The number of aromatic nitrogens is 2. The Bertz CT molecular complexity index is 1200. The number of nitrogens with one attached hydrogen (secondary N) is 2. The minimum absolute atomic E-state index is 0.0709. The molecule has 0 spiro atoms. The van der Waals surface area contributed by atoms with E-state index < -0.39 is 5.56 Å². The van der Waals surface area contributed by atoms with E-state index in [9.17, 15) is 14.9 Å². The molecule has 0 aliphatic rings. The average molecular weight is 431 g/mol. The van der Waals surface area contributed by atoms with E-state index in [1.165, 1.54) is 6.21 Å². The SMILES string of the molecule is CCOC(=O)CCOc1cccc(C=NNc2nc(-c3ccccc3)c(C#N)c(=O)[nH]2)c1. The molecule has 32 heavy (non-hydrogen) atoms. The van der Waals surface area contributed by atoms with Crippen LogP contribution in [0.1, 0.15) is 24.5 Å². The number of H-pyrrole nitrogens is 1. The summed E-state index contributed by atoms with van der Waals surface area (Å²) in [4.78, 5) is 30.5. The number of nitrogens with zero attached hydrogens (tertiary/aromatic N) is 3. The maximum atomic E-state index is 12.3. The van der Waals surface area contributed by atoms with E-state index in [0.29, 0.717) is 17.9 Å². The largest absolute Gasteiger partial charge is 0.493 e. The fourth-order valence-corrected chi connectivity index (χ4v) is 2.77. The van der Waals surface area contributed by atoms with Crippen LogP contribution < -0.4 is 15.7 Å². The number of ether oxygens (including phenoxy) is 2. The van der Waals surface area contributed by atoms with Gasteiger partial charge in [0.15, 0.2) is 0 Å². The second kappa shape index (κ2) is 11.1. The second-order valence-corrected chi connectivity index (χ2v) is 6.46. The number of rotatable bonds is 9. The van der Waals surface area contributed by atoms with E-state index in [2.05, 4.69) is 20.5 Å². The van der Waals surface area contributed by atoms with Crippen LogP contribution in [0, 0.1) is 11.3 Å². The highest BCUT2D eigenvalue weighted by atomic mass is 16.5. The van der Waals surface area contributed by atoms with Gasteiger partial charge in [0.05, 0.1) is 31.5 Å². The summed E-state index contributed by atoms with van der Waals surface area (Å²) in [5.41, 5.74) is 3.69. The molecule has 0 aliphatic heterocycles. The number of carbonyl (C=O) groups excluding carboxylic acids is 1. The molecule has 9 nitrogen and oxygen atoms in total. The van der Waals surface area contributed by atoms with Gasteiger partial charge < -0.3 is 9.47 Å². The van der Waals surface area contributed by atoms with Gasteiger partial charge in [0.2, 0.25) is 5.95 Å². The Labute approximate surface area is 184 Å². The summed E-state index contributed by atoms with van der Waals surface area (Å²) in [5.74, 6) is 0.369. The number of benzene rings is 2. The first-order valence-electron chi connectivity index (χ1n) is 9.88. The van der Waals surface area contributed by atoms with Gasteiger partial charge in [-0.05, 0) is 24.6 Å². The maximum absolute atomic E-state index is 12.3. The number of hydrogen-bond donors (Lipinski definition) is 2. The first kappa shape index (κ1) is 22.2. The van der Waals surface area contributed by atoms with E-state index in [1.807, 2.05) is 18.2 Å². The smallest absolute Gasteiger partial charge is 0.309 e. The fourth-order valence-electron chi connectivity index (χ4n) is 2.77. The third-order valence-corrected chi connectivity index (χ3v) is 4.20. The summed E-state index contributed by atoms with van der Waals surface area (Å²) in [7, 11) is 0. The zero-order valence-electron chi connectivity index (χ0n) is 17.4. The third-order valence-electron chi connectivity index (χ3n) is 4.20. The molecular formula is C23H21N5O4. The van der Waals surface area contributed by atoms with Gasteiger partial charge in [0.1, 0.15) is 17.4 Å². The second-order valence-electron chi connectivity index (χ2n) is 6.46. The number of aromatic amines is 1. The summed E-state index contributed by atoms with van der Waals surface area (Å²) < 4.78 is 10.4. The van der Waals surface area contributed by atoms with Crippen LogP contribution in [0.5, 0.6) is 5.75 Å². The molecule has 9 heteroatoms. The van der Waals surface area contributed by atoms with Crippen molar-refractivity contribution < 1.29 is 14.3 Å². The van der Waals surface area contributed by atoms with Crippen LogP contribution in [-0.2, 0) is 9.53 Å². The summed E-state index contributed by atoms with van der Waals surface area (Å²) >= 11 is 0. The Morgan fingerprint density at radius 2 is 2.06 bits per heavy atom. The third kappa shape index (κ3) is 6.03. The number of carbonyl (C=O) groups is 1. The normalized spacial score (nSPS) is 10.5. The standard InChI is InChI=1S/C23H21N5O4/c1-2-31-20(29)11-12-32-18-10-6-7-16(13-18)15-25-28-23-26-21(17-8-4-3-5-9-17)19(14-24)22(30)27-23/h3-10,13,15H,2,11-12H2,1H3,(H2,26,27,28,30). The molecule has 0 bridgehead atoms. The van der Waals surface area contributed by atoms with Gasteiger partial charge >= 0.3 is 5.97 Å². The lowest BCUT2D eigenvalue weighted by Gasteiger charge is -2.07. The number of nitriles is 1. The molecule has 0 aliphatic carbocycles. The lowest BCUT2D eigenvalue weighted by molar-refractivity contribution is -0.143. The van der Waals surface area contributed by atoms with Crippen LogP contribution in [0.4, 0.5) is 5.95 Å². The van der Waals surface area contributed by atoms with Gasteiger partial charge in [-0.1, -0.05) is 42.5 Å². The number of hydrogen-bond acceptors (Lipinski definition) is 8. The topological polar surface area (TPSA) is 129 Å². The molecule has 0 atom stereocenters. The zero-order valence-corrected chi connectivity index (χ0v) is 17.4. The van der Waals surface area contributed by atoms with Crippen molar-refractivity contribution in [3.8, 4) is 23.1 Å². The Kier molecular flexibility index (Phi) is 7.70. The quantitative estimate of drug-likeness (QED) is 0.302. The molecule has 0 saturated carbocycles. The Morgan fingerprint density at radius 1 is 1.25 bits per heavy atom. The van der Waals surface area contributed by atoms with Crippen molar-refractivity contribution in [1.82, 2.24) is 9.97 Å². The van der Waals surface area contributed by atoms with Crippen LogP contribution in [0.3, 0.4) is 0 Å². The molecule has 0 radical (unpaired) electrons. The molecule has 1 aromatic heterocycles. The maximum Gasteiger partial charge on any atom is 0.309 e. The average Bonchev–Trinajstić information content (AvgIpc) is 2.80. The molecule has 162 valence electrons. The van der Waals surface area contributed by atoms with Gasteiger partial charge in [-0.2, -0.15) is 10.4 Å². The minimum Gasteiger partial charge on any atom is -0.493 e. The monoisotopic (exact) mass is 431 g/mol. The number of anilines is 1. The molecule has 0 amide bonds. The highest BCUT2D eigenvalue weighted by Gasteiger charge is 2.12. The molecule has 1 heterocycles. The lowest BCUT2D eigenvalue weighted by Crippen LogP contribution is -2.16. The van der Waals surface area contributed by atoms with Crippen molar-refractivity contribution in [2.45, 2.75) is 13.3 Å². The summed E-state index contributed by atoms with van der Waals surface area (Å²) in [6.45, 7) is 2.29. The van der Waals surface area contributed by atoms with Crippen molar-refractivity contribution in [3.05, 3.63) is 76.1 Å². The predicted molar refractivity (Wildman–Crippen MR) is 119 cm³/mol. The fraction of sp³-hybridized carbons (Fsp3) is 0.174. The van der Waals surface area contributed by atoms with E-state index in [1.54, 1.807) is 49.4 Å². The Balaban J connectivity index is 1.69. The van der Waals surface area contributed by atoms with Crippen LogP contribution in [0.2, 0.25) is 0 Å². The van der Waals surface area contributed by atoms with E-state index in [-0.39, 0.29) is 36.2 Å². The van der Waals surface area contributed by atoms with Crippen LogP contribution in [0.15, 0.2) is 64.5 Å². The molecule has 0 fully saturated rings. The number of hydrazone groups is 1. The van der Waals surface area contributed by atoms with Gasteiger partial charge in [-0.25, -0.2) is 10.4 Å². The summed E-state index contributed by atoms with van der Waals surface area (Å²) in [5, 5.41) is 13.4. The zero-order chi connectivity index (χ0) is 22.8. The van der Waals surface area contributed by atoms with E-state index >= 15 is 0 Å². The minimum atomic E-state index is -0.559. The Hall–Kier alpha value is -4.45. The predicted octanol–water partition coefficient (Wildman–Crippen LogP) is 3.09. The molecule has 3 aromatic rings. The molecular weight excluding hydrogens is 410 g/mol. The van der Waals surface area contributed by atoms with E-state index in [4.69, 9.17) is 9.47 Å². The van der Waals surface area contributed by atoms with Gasteiger partial charge in [-0.15, -0.1) is 0 Å². The van der Waals surface area contributed by atoms with Gasteiger partial charge in [0.25, 0.3) is 5.56 Å². The van der Waals surface area contributed by atoms with Gasteiger partial charge in [0, 0.05) is 5.56 Å². The van der Waals surface area contributed by atoms with Crippen molar-refractivity contribution in [2.75, 3.05) is 18.6 Å². The number of esters is 1. The summed E-state index contributed by atoms with van der Waals surface area (Å²) in [6, 6.07) is 18.0. The van der Waals surface area contributed by atoms with E-state index in [0.717, 1.165) is 5.56 Å². The van der Waals surface area contributed by atoms with Crippen LogP contribution >= 0.6 is 0 Å². The molecule has 3 rings (SSSR count). The molecule has 0 unspecified atom stereocenters. The van der Waals surface area contributed by atoms with Crippen molar-refractivity contribution in [3.63, 3.8) is 0 Å². The lowest BCUT2D eigenvalue weighted by atomic mass is 10.1. The summed E-state index contributed by atoms with van der Waals surface area (Å²) in [6.07, 6.45) is 1.69. The first-order chi connectivity index (χ1) is 15.6. The molecule has 2 N–H and O–H groups in total. The Morgan fingerprint density at radius 3 is 2.81 bits per heavy atom. The highest BCUT2D eigenvalue weighted by molar-refractivity contribution is 5.80. The molecule has 0 saturated heterocycles. The highest BCUT2D eigenvalue weighted by Crippen LogP contribution is 2.19. The van der Waals surface area contributed by atoms with Crippen molar-refractivity contribution in [1.29, 1.82) is 5.26 Å². The van der Waals surface area contributed by atoms with Crippen molar-refractivity contribution >= 4 is 18.1 Å². The van der Waals surface area contributed by atoms with Crippen LogP contribution in [0.25, 0.3) is 11.3 Å².